The van der Waals surface area contributed by atoms with Crippen molar-refractivity contribution in [1.82, 2.24) is 4.90 Å². The number of non-ortho nitro benzene ring substituents is 1. The van der Waals surface area contributed by atoms with Crippen LogP contribution in [0.15, 0.2) is 36.4 Å². The van der Waals surface area contributed by atoms with Gasteiger partial charge in [-0.15, -0.1) is 0 Å². The van der Waals surface area contributed by atoms with Gasteiger partial charge in [-0.2, -0.15) is 8.78 Å². The Labute approximate surface area is 176 Å². The molecule has 0 aliphatic carbocycles. The average molecular weight is 444 g/mol. The second-order valence-corrected chi connectivity index (χ2v) is 6.77. The molecule has 0 unspecified atom stereocenters. The highest BCUT2D eigenvalue weighted by Gasteiger charge is 2.21. The SMILES string of the molecule is COc1cc(CN(C)[C@@H](C)C(=O)Nc2ccc([N+](=O)[O-])cc2Cl)ccc1OC(F)F. The number of hydrogen-bond donors (Lipinski definition) is 1. The molecule has 0 heterocycles. The molecule has 2 rings (SSSR count). The van der Waals surface area contributed by atoms with Gasteiger partial charge in [0, 0.05) is 18.7 Å². The average Bonchev–Trinajstić information content (AvgIpc) is 2.69. The van der Waals surface area contributed by atoms with Gasteiger partial charge in [0.1, 0.15) is 0 Å². The second kappa shape index (κ2) is 10.2. The van der Waals surface area contributed by atoms with E-state index in [0.717, 1.165) is 6.07 Å². The zero-order chi connectivity index (χ0) is 22.4. The number of alkyl halides is 2. The van der Waals surface area contributed by atoms with Crippen LogP contribution in [0, 0.1) is 10.1 Å². The predicted octanol–water partition coefficient (Wildman–Crippen LogP) is 4.32. The van der Waals surface area contributed by atoms with Crippen molar-refractivity contribution in [3.8, 4) is 11.5 Å². The largest absolute Gasteiger partial charge is 0.493 e. The van der Waals surface area contributed by atoms with Gasteiger partial charge in [0.05, 0.1) is 28.8 Å². The fourth-order valence-corrected chi connectivity index (χ4v) is 2.81. The number of ether oxygens (including phenoxy) is 2. The molecule has 0 saturated carbocycles. The minimum Gasteiger partial charge on any atom is -0.493 e. The Bertz CT molecular complexity index is 929. The molecule has 2 aromatic carbocycles. The van der Waals surface area contributed by atoms with Crippen molar-refractivity contribution in [3.05, 3.63) is 57.1 Å². The molecule has 0 aliphatic heterocycles. The summed E-state index contributed by atoms with van der Waals surface area (Å²) in [5.74, 6) is -0.314. The normalized spacial score (nSPS) is 12.0. The molecule has 30 heavy (non-hydrogen) atoms. The Balaban J connectivity index is 2.05. The summed E-state index contributed by atoms with van der Waals surface area (Å²) in [5.41, 5.74) is 0.781. The first-order valence-electron chi connectivity index (χ1n) is 8.69. The second-order valence-electron chi connectivity index (χ2n) is 6.37. The van der Waals surface area contributed by atoms with Gasteiger partial charge in [0.2, 0.25) is 5.91 Å². The third kappa shape index (κ3) is 6.01. The van der Waals surface area contributed by atoms with E-state index in [1.165, 1.54) is 25.3 Å². The van der Waals surface area contributed by atoms with Crippen molar-refractivity contribution < 1.29 is 28.0 Å². The number of halogens is 3. The quantitative estimate of drug-likeness (QED) is 0.458. The lowest BCUT2D eigenvalue weighted by Crippen LogP contribution is -2.39. The molecule has 162 valence electrons. The minimum atomic E-state index is -2.97. The van der Waals surface area contributed by atoms with Crippen LogP contribution in [-0.4, -0.2) is 42.5 Å². The molecule has 0 spiro atoms. The van der Waals surface area contributed by atoms with E-state index in [2.05, 4.69) is 10.1 Å². The number of carbonyl (C=O) groups is 1. The van der Waals surface area contributed by atoms with Crippen molar-refractivity contribution >= 4 is 28.9 Å². The minimum absolute atomic E-state index is 0.0479. The number of methoxy groups -OCH3 is 1. The van der Waals surface area contributed by atoms with Gasteiger partial charge < -0.3 is 14.8 Å². The van der Waals surface area contributed by atoms with Gasteiger partial charge in [-0.05, 0) is 37.7 Å². The van der Waals surface area contributed by atoms with Crippen molar-refractivity contribution in [2.45, 2.75) is 26.1 Å². The maximum Gasteiger partial charge on any atom is 0.387 e. The van der Waals surface area contributed by atoms with Gasteiger partial charge in [-0.1, -0.05) is 17.7 Å². The summed E-state index contributed by atoms with van der Waals surface area (Å²) in [5, 5.41) is 13.5. The van der Waals surface area contributed by atoms with Crippen LogP contribution in [0.2, 0.25) is 5.02 Å². The number of likely N-dealkylation sites (N-methyl/N-ethyl adjacent to an activating group) is 1. The number of nitro benzene ring substituents is 1. The molecule has 0 bridgehead atoms. The van der Waals surface area contributed by atoms with Gasteiger partial charge in [-0.3, -0.25) is 19.8 Å². The van der Waals surface area contributed by atoms with E-state index in [4.69, 9.17) is 16.3 Å². The highest BCUT2D eigenvalue weighted by Crippen LogP contribution is 2.30. The number of rotatable bonds is 9. The first-order chi connectivity index (χ1) is 14.1. The maximum atomic E-state index is 12.5. The lowest BCUT2D eigenvalue weighted by Gasteiger charge is -2.24. The summed E-state index contributed by atoms with van der Waals surface area (Å²) in [6.07, 6.45) is 0. The monoisotopic (exact) mass is 443 g/mol. The van der Waals surface area contributed by atoms with E-state index >= 15 is 0 Å². The third-order valence-electron chi connectivity index (χ3n) is 4.34. The molecule has 0 aromatic heterocycles. The number of nitrogens with zero attached hydrogens (tertiary/aromatic N) is 2. The zero-order valence-corrected chi connectivity index (χ0v) is 17.2. The van der Waals surface area contributed by atoms with Crippen molar-refractivity contribution in [2.24, 2.45) is 0 Å². The molecular formula is C19H20ClF2N3O5. The topological polar surface area (TPSA) is 93.9 Å². The van der Waals surface area contributed by atoms with Crippen LogP contribution >= 0.6 is 11.6 Å². The van der Waals surface area contributed by atoms with E-state index in [0.29, 0.717) is 12.1 Å². The molecule has 1 amide bonds. The Morgan fingerprint density at radius 3 is 2.53 bits per heavy atom. The number of anilines is 1. The molecule has 8 nitrogen and oxygen atoms in total. The molecule has 1 N–H and O–H groups in total. The van der Waals surface area contributed by atoms with Crippen LogP contribution in [0.3, 0.4) is 0 Å². The summed E-state index contributed by atoms with van der Waals surface area (Å²) >= 11 is 6.00. The summed E-state index contributed by atoms with van der Waals surface area (Å²) in [6.45, 7) is -0.990. The zero-order valence-electron chi connectivity index (χ0n) is 16.4. The van der Waals surface area contributed by atoms with Gasteiger partial charge in [0.25, 0.3) is 5.69 Å². The molecule has 0 radical (unpaired) electrons. The number of amides is 1. The van der Waals surface area contributed by atoms with E-state index in [1.54, 1.807) is 31.0 Å². The first-order valence-corrected chi connectivity index (χ1v) is 9.07. The number of nitrogens with one attached hydrogen (secondary N) is 1. The highest BCUT2D eigenvalue weighted by atomic mass is 35.5. The Kier molecular flexibility index (Phi) is 7.90. The molecule has 0 fully saturated rings. The number of benzene rings is 2. The van der Waals surface area contributed by atoms with Crippen molar-refractivity contribution in [1.29, 1.82) is 0 Å². The lowest BCUT2D eigenvalue weighted by atomic mass is 10.1. The summed E-state index contributed by atoms with van der Waals surface area (Å²) in [6, 6.07) is 7.67. The summed E-state index contributed by atoms with van der Waals surface area (Å²) in [4.78, 5) is 24.5. The van der Waals surface area contributed by atoms with Crippen LogP contribution in [0.1, 0.15) is 12.5 Å². The molecule has 1 atom stereocenters. The molecule has 0 saturated heterocycles. The fourth-order valence-electron chi connectivity index (χ4n) is 2.58. The van der Waals surface area contributed by atoms with Crippen molar-refractivity contribution in [2.75, 3.05) is 19.5 Å². The van der Waals surface area contributed by atoms with E-state index in [-0.39, 0.29) is 33.8 Å². The predicted molar refractivity (Wildman–Crippen MR) is 107 cm³/mol. The van der Waals surface area contributed by atoms with E-state index in [1.807, 2.05) is 0 Å². The molecule has 2 aromatic rings. The molecule has 0 aliphatic rings. The number of hydrogen-bond acceptors (Lipinski definition) is 6. The van der Waals surface area contributed by atoms with Crippen LogP contribution in [0.5, 0.6) is 11.5 Å². The smallest absolute Gasteiger partial charge is 0.387 e. The standard InChI is InChI=1S/C19H20ClF2N3O5/c1-11(18(26)23-15-6-5-13(25(27)28)9-14(15)20)24(2)10-12-4-7-16(30-19(21)22)17(8-12)29-3/h4-9,11,19H,10H2,1-3H3,(H,23,26)/t11-/m0/s1. The Morgan fingerprint density at radius 1 is 1.27 bits per heavy atom. The number of carbonyl (C=O) groups excluding carboxylic acids is 1. The first kappa shape index (κ1) is 23.3. The summed E-state index contributed by atoms with van der Waals surface area (Å²) < 4.78 is 34.3. The molecular weight excluding hydrogens is 424 g/mol. The van der Waals surface area contributed by atoms with Gasteiger partial charge in [-0.25, -0.2) is 0 Å². The Morgan fingerprint density at radius 2 is 1.97 bits per heavy atom. The van der Waals surface area contributed by atoms with E-state index < -0.39 is 17.6 Å². The van der Waals surface area contributed by atoms with Crippen molar-refractivity contribution in [3.63, 3.8) is 0 Å². The molecule has 11 heteroatoms. The van der Waals surface area contributed by atoms with Crippen LogP contribution in [0.4, 0.5) is 20.2 Å². The van der Waals surface area contributed by atoms with Crippen LogP contribution in [-0.2, 0) is 11.3 Å². The third-order valence-corrected chi connectivity index (χ3v) is 4.65. The number of nitro groups is 1. The highest BCUT2D eigenvalue weighted by molar-refractivity contribution is 6.34. The lowest BCUT2D eigenvalue weighted by molar-refractivity contribution is -0.384. The van der Waals surface area contributed by atoms with Crippen LogP contribution in [0.25, 0.3) is 0 Å². The van der Waals surface area contributed by atoms with Crippen LogP contribution < -0.4 is 14.8 Å². The Hall–Kier alpha value is -2.98. The van der Waals surface area contributed by atoms with E-state index in [9.17, 15) is 23.7 Å². The fraction of sp³-hybridized carbons (Fsp3) is 0.316. The van der Waals surface area contributed by atoms with Gasteiger partial charge in [0.15, 0.2) is 11.5 Å². The van der Waals surface area contributed by atoms with Gasteiger partial charge >= 0.3 is 6.61 Å². The maximum absolute atomic E-state index is 12.5. The summed E-state index contributed by atoms with van der Waals surface area (Å²) in [7, 11) is 3.04.